The number of rotatable bonds is 5. The summed E-state index contributed by atoms with van der Waals surface area (Å²) in [6.45, 7) is 3.84. The zero-order valence-corrected chi connectivity index (χ0v) is 11.5. The van der Waals surface area contributed by atoms with Gasteiger partial charge in [-0.15, -0.1) is 0 Å². The zero-order valence-electron chi connectivity index (χ0n) is 11.5. The first kappa shape index (κ1) is 13.8. The van der Waals surface area contributed by atoms with Gasteiger partial charge in [-0.05, 0) is 44.9 Å². The first-order chi connectivity index (χ1) is 9.20. The van der Waals surface area contributed by atoms with Crippen LogP contribution in [0.4, 0.5) is 5.82 Å². The van der Waals surface area contributed by atoms with Crippen LogP contribution in [0.1, 0.15) is 35.3 Å². The van der Waals surface area contributed by atoms with Gasteiger partial charge in [0.2, 0.25) is 0 Å². The van der Waals surface area contributed by atoms with Crippen molar-refractivity contribution in [3.05, 3.63) is 23.4 Å². The van der Waals surface area contributed by atoms with Crippen LogP contribution >= 0.6 is 0 Å². The largest absolute Gasteiger partial charge is 0.465 e. The third-order valence-corrected chi connectivity index (χ3v) is 3.45. The lowest BCUT2D eigenvalue weighted by Crippen LogP contribution is -2.24. The lowest BCUT2D eigenvalue weighted by atomic mass is 10.1. The molecule has 0 bridgehead atoms. The predicted molar refractivity (Wildman–Crippen MR) is 74.4 cm³/mol. The molecular formula is C14H21N3O2. The molecule has 5 heteroatoms. The van der Waals surface area contributed by atoms with E-state index < -0.39 is 0 Å². The molecule has 1 aliphatic rings. The molecule has 19 heavy (non-hydrogen) atoms. The van der Waals surface area contributed by atoms with E-state index in [1.807, 2.05) is 13.0 Å². The number of aryl methyl sites for hydroxylation is 1. The Labute approximate surface area is 113 Å². The molecular weight excluding hydrogens is 242 g/mol. The summed E-state index contributed by atoms with van der Waals surface area (Å²) in [6.07, 6.45) is 3.63. The SMILES string of the molecule is COC(=O)c1ccc(NCC[C@@H]2CCCN2)nc1C. The number of carbonyl (C=O) groups is 1. The predicted octanol–water partition coefficient (Wildman–Crippen LogP) is 1.73. The average molecular weight is 263 g/mol. The Kier molecular flexibility index (Phi) is 4.74. The molecule has 104 valence electrons. The van der Waals surface area contributed by atoms with Crippen LogP contribution in [0.2, 0.25) is 0 Å². The van der Waals surface area contributed by atoms with Gasteiger partial charge in [-0.3, -0.25) is 0 Å². The van der Waals surface area contributed by atoms with E-state index in [4.69, 9.17) is 4.74 Å². The van der Waals surface area contributed by atoms with E-state index in [9.17, 15) is 4.79 Å². The summed E-state index contributed by atoms with van der Waals surface area (Å²) in [5.74, 6) is 0.467. The van der Waals surface area contributed by atoms with E-state index in [0.717, 1.165) is 25.3 Å². The minimum atomic E-state index is -0.341. The first-order valence-electron chi connectivity index (χ1n) is 6.74. The fraction of sp³-hybridized carbons (Fsp3) is 0.571. The summed E-state index contributed by atoms with van der Waals surface area (Å²) >= 11 is 0. The maximum absolute atomic E-state index is 11.4. The van der Waals surface area contributed by atoms with Crippen LogP contribution in [0.3, 0.4) is 0 Å². The van der Waals surface area contributed by atoms with Crippen molar-refractivity contribution in [2.24, 2.45) is 0 Å². The number of esters is 1. The van der Waals surface area contributed by atoms with Crippen LogP contribution in [0.15, 0.2) is 12.1 Å². The highest BCUT2D eigenvalue weighted by Crippen LogP contribution is 2.13. The lowest BCUT2D eigenvalue weighted by Gasteiger charge is -2.12. The number of hydrogen-bond donors (Lipinski definition) is 2. The zero-order chi connectivity index (χ0) is 13.7. The van der Waals surface area contributed by atoms with Crippen LogP contribution < -0.4 is 10.6 Å². The lowest BCUT2D eigenvalue weighted by molar-refractivity contribution is 0.0599. The Morgan fingerprint density at radius 2 is 2.42 bits per heavy atom. The fourth-order valence-electron chi connectivity index (χ4n) is 2.36. The van der Waals surface area contributed by atoms with Gasteiger partial charge in [-0.2, -0.15) is 0 Å². The maximum Gasteiger partial charge on any atom is 0.339 e. The number of nitrogens with one attached hydrogen (secondary N) is 2. The molecule has 2 heterocycles. The third-order valence-electron chi connectivity index (χ3n) is 3.45. The van der Waals surface area contributed by atoms with Gasteiger partial charge in [0.25, 0.3) is 0 Å². The molecule has 0 unspecified atom stereocenters. The van der Waals surface area contributed by atoms with Gasteiger partial charge in [0.05, 0.1) is 18.4 Å². The highest BCUT2D eigenvalue weighted by molar-refractivity contribution is 5.90. The molecule has 1 saturated heterocycles. The van der Waals surface area contributed by atoms with Gasteiger partial charge in [0.15, 0.2) is 0 Å². The minimum Gasteiger partial charge on any atom is -0.465 e. The molecule has 1 atom stereocenters. The maximum atomic E-state index is 11.4. The average Bonchev–Trinajstić information content (AvgIpc) is 2.91. The first-order valence-corrected chi connectivity index (χ1v) is 6.74. The quantitative estimate of drug-likeness (QED) is 0.792. The van der Waals surface area contributed by atoms with Crippen molar-refractivity contribution in [3.63, 3.8) is 0 Å². The molecule has 2 N–H and O–H groups in total. The van der Waals surface area contributed by atoms with E-state index in [1.54, 1.807) is 6.07 Å². The number of nitrogens with zero attached hydrogens (tertiary/aromatic N) is 1. The Hall–Kier alpha value is -1.62. The molecule has 0 amide bonds. The van der Waals surface area contributed by atoms with Crippen LogP contribution in [0.5, 0.6) is 0 Å². The minimum absolute atomic E-state index is 0.341. The van der Waals surface area contributed by atoms with E-state index in [-0.39, 0.29) is 5.97 Å². The van der Waals surface area contributed by atoms with Gasteiger partial charge in [0.1, 0.15) is 5.82 Å². The standard InChI is InChI=1S/C14H21N3O2/c1-10-12(14(18)19-2)5-6-13(17-10)16-9-7-11-4-3-8-15-11/h5-6,11,15H,3-4,7-9H2,1-2H3,(H,16,17)/t11-/m0/s1. The topological polar surface area (TPSA) is 63.2 Å². The smallest absolute Gasteiger partial charge is 0.339 e. The highest BCUT2D eigenvalue weighted by Gasteiger charge is 2.13. The number of methoxy groups -OCH3 is 1. The van der Waals surface area contributed by atoms with Gasteiger partial charge >= 0.3 is 5.97 Å². The molecule has 1 fully saturated rings. The number of ether oxygens (including phenoxy) is 1. The molecule has 1 aromatic heterocycles. The third kappa shape index (κ3) is 3.67. The van der Waals surface area contributed by atoms with Crippen LogP contribution in [0, 0.1) is 6.92 Å². The highest BCUT2D eigenvalue weighted by atomic mass is 16.5. The van der Waals surface area contributed by atoms with Crippen molar-refractivity contribution in [3.8, 4) is 0 Å². The summed E-state index contributed by atoms with van der Waals surface area (Å²) in [5.41, 5.74) is 1.21. The molecule has 0 aliphatic carbocycles. The molecule has 1 aromatic rings. The van der Waals surface area contributed by atoms with Crippen LogP contribution in [-0.2, 0) is 4.74 Å². The Balaban J connectivity index is 1.87. The summed E-state index contributed by atoms with van der Waals surface area (Å²) in [4.78, 5) is 15.8. The van der Waals surface area contributed by atoms with Crippen LogP contribution in [-0.4, -0.2) is 37.2 Å². The summed E-state index contributed by atoms with van der Waals surface area (Å²) in [6, 6.07) is 4.20. The summed E-state index contributed by atoms with van der Waals surface area (Å²) in [5, 5.41) is 6.76. The van der Waals surface area contributed by atoms with E-state index >= 15 is 0 Å². The summed E-state index contributed by atoms with van der Waals surface area (Å²) in [7, 11) is 1.38. The van der Waals surface area contributed by atoms with E-state index in [0.29, 0.717) is 17.3 Å². The molecule has 0 saturated carbocycles. The van der Waals surface area contributed by atoms with Gasteiger partial charge in [-0.25, -0.2) is 9.78 Å². The Morgan fingerprint density at radius 3 is 3.05 bits per heavy atom. The van der Waals surface area contributed by atoms with Crippen molar-refractivity contribution >= 4 is 11.8 Å². The monoisotopic (exact) mass is 263 g/mol. The van der Waals surface area contributed by atoms with Crippen molar-refractivity contribution < 1.29 is 9.53 Å². The second-order valence-corrected chi connectivity index (χ2v) is 4.83. The molecule has 5 nitrogen and oxygen atoms in total. The molecule has 0 spiro atoms. The Morgan fingerprint density at radius 1 is 1.58 bits per heavy atom. The molecule has 0 aromatic carbocycles. The van der Waals surface area contributed by atoms with Crippen LogP contribution in [0.25, 0.3) is 0 Å². The number of carbonyl (C=O) groups excluding carboxylic acids is 1. The van der Waals surface area contributed by atoms with Gasteiger partial charge < -0.3 is 15.4 Å². The van der Waals surface area contributed by atoms with Crippen molar-refractivity contribution in [1.82, 2.24) is 10.3 Å². The van der Waals surface area contributed by atoms with E-state index in [2.05, 4.69) is 15.6 Å². The Bertz CT molecular complexity index is 442. The van der Waals surface area contributed by atoms with Gasteiger partial charge in [-0.1, -0.05) is 0 Å². The second-order valence-electron chi connectivity index (χ2n) is 4.83. The molecule has 2 rings (SSSR count). The number of aromatic nitrogens is 1. The number of hydrogen-bond acceptors (Lipinski definition) is 5. The van der Waals surface area contributed by atoms with Crippen molar-refractivity contribution in [2.45, 2.75) is 32.2 Å². The fourth-order valence-corrected chi connectivity index (χ4v) is 2.36. The second kappa shape index (κ2) is 6.52. The van der Waals surface area contributed by atoms with Crippen molar-refractivity contribution in [1.29, 1.82) is 0 Å². The van der Waals surface area contributed by atoms with Gasteiger partial charge in [0, 0.05) is 12.6 Å². The number of pyridine rings is 1. The molecule has 0 radical (unpaired) electrons. The number of anilines is 1. The van der Waals surface area contributed by atoms with Crippen molar-refractivity contribution in [2.75, 3.05) is 25.5 Å². The van der Waals surface area contributed by atoms with E-state index in [1.165, 1.54) is 20.0 Å². The molecule has 1 aliphatic heterocycles. The summed E-state index contributed by atoms with van der Waals surface area (Å²) < 4.78 is 4.70. The normalized spacial score (nSPS) is 18.3.